The molecule has 0 unspecified atom stereocenters. The quantitative estimate of drug-likeness (QED) is 0.848. The van der Waals surface area contributed by atoms with E-state index in [0.717, 1.165) is 39.0 Å². The van der Waals surface area contributed by atoms with Gasteiger partial charge in [0.15, 0.2) is 0 Å². The first kappa shape index (κ1) is 14.4. The highest BCUT2D eigenvalue weighted by Gasteiger charge is 2.17. The first-order chi connectivity index (χ1) is 9.16. The topological polar surface area (TPSA) is 29.5 Å². The molecule has 0 bridgehead atoms. The SMILES string of the molecule is CN(CCC1CCOCC1)C(=O)c1cccc(Cl)c1. The zero-order valence-corrected chi connectivity index (χ0v) is 12.0. The smallest absolute Gasteiger partial charge is 0.253 e. The summed E-state index contributed by atoms with van der Waals surface area (Å²) < 4.78 is 5.34. The van der Waals surface area contributed by atoms with Gasteiger partial charge in [-0.25, -0.2) is 0 Å². The average molecular weight is 282 g/mol. The highest BCUT2D eigenvalue weighted by Crippen LogP contribution is 2.19. The number of halogens is 1. The predicted molar refractivity (Wildman–Crippen MR) is 76.6 cm³/mol. The van der Waals surface area contributed by atoms with Gasteiger partial charge >= 0.3 is 0 Å². The van der Waals surface area contributed by atoms with Gasteiger partial charge in [-0.15, -0.1) is 0 Å². The summed E-state index contributed by atoms with van der Waals surface area (Å²) in [5.74, 6) is 0.720. The van der Waals surface area contributed by atoms with Gasteiger partial charge in [-0.1, -0.05) is 17.7 Å². The van der Waals surface area contributed by atoms with Crippen LogP contribution in [-0.4, -0.2) is 37.6 Å². The van der Waals surface area contributed by atoms with Crippen LogP contribution in [0.2, 0.25) is 5.02 Å². The summed E-state index contributed by atoms with van der Waals surface area (Å²) in [5.41, 5.74) is 0.655. The van der Waals surface area contributed by atoms with Crippen LogP contribution in [0.3, 0.4) is 0 Å². The van der Waals surface area contributed by atoms with E-state index in [2.05, 4.69) is 0 Å². The maximum Gasteiger partial charge on any atom is 0.253 e. The van der Waals surface area contributed by atoms with Gasteiger partial charge in [-0.3, -0.25) is 4.79 Å². The summed E-state index contributed by atoms with van der Waals surface area (Å²) in [6, 6.07) is 7.11. The number of rotatable bonds is 4. The molecule has 1 fully saturated rings. The fourth-order valence-corrected chi connectivity index (χ4v) is 2.55. The third-order valence-corrected chi connectivity index (χ3v) is 3.87. The number of hydrogen-bond donors (Lipinski definition) is 0. The minimum absolute atomic E-state index is 0.0366. The maximum absolute atomic E-state index is 12.2. The zero-order valence-electron chi connectivity index (χ0n) is 11.3. The van der Waals surface area contributed by atoms with Crippen LogP contribution in [0.15, 0.2) is 24.3 Å². The van der Waals surface area contributed by atoms with Crippen molar-refractivity contribution in [3.63, 3.8) is 0 Å². The lowest BCUT2D eigenvalue weighted by atomic mass is 9.96. The highest BCUT2D eigenvalue weighted by atomic mass is 35.5. The standard InChI is InChI=1S/C15H20ClNO2/c1-17(8-5-12-6-9-19-10-7-12)15(18)13-3-2-4-14(16)11-13/h2-4,11-12H,5-10H2,1H3. The van der Waals surface area contributed by atoms with Crippen LogP contribution in [0, 0.1) is 5.92 Å². The van der Waals surface area contributed by atoms with Gasteiger partial charge < -0.3 is 9.64 Å². The van der Waals surface area contributed by atoms with E-state index in [0.29, 0.717) is 16.5 Å². The van der Waals surface area contributed by atoms with Crippen molar-refractivity contribution in [1.29, 1.82) is 0 Å². The molecule has 3 nitrogen and oxygen atoms in total. The molecule has 0 spiro atoms. The van der Waals surface area contributed by atoms with Crippen LogP contribution < -0.4 is 0 Å². The van der Waals surface area contributed by atoms with Crippen molar-refractivity contribution in [2.24, 2.45) is 5.92 Å². The van der Waals surface area contributed by atoms with E-state index in [-0.39, 0.29) is 5.91 Å². The van der Waals surface area contributed by atoms with Crippen LogP contribution in [0.4, 0.5) is 0 Å². The van der Waals surface area contributed by atoms with E-state index in [9.17, 15) is 4.79 Å². The minimum atomic E-state index is 0.0366. The van der Waals surface area contributed by atoms with Gasteiger partial charge in [-0.05, 0) is 43.4 Å². The monoisotopic (exact) mass is 281 g/mol. The molecule has 0 aromatic heterocycles. The number of benzene rings is 1. The van der Waals surface area contributed by atoms with Crippen LogP contribution in [-0.2, 0) is 4.74 Å². The second-order valence-corrected chi connectivity index (χ2v) is 5.52. The molecule has 19 heavy (non-hydrogen) atoms. The van der Waals surface area contributed by atoms with Gasteiger partial charge in [0.1, 0.15) is 0 Å². The van der Waals surface area contributed by atoms with Crippen molar-refractivity contribution in [1.82, 2.24) is 4.90 Å². The summed E-state index contributed by atoms with van der Waals surface area (Å²) in [6.45, 7) is 2.50. The van der Waals surface area contributed by atoms with Crippen molar-refractivity contribution >= 4 is 17.5 Å². The fraction of sp³-hybridized carbons (Fsp3) is 0.533. The van der Waals surface area contributed by atoms with E-state index in [1.165, 1.54) is 0 Å². The maximum atomic E-state index is 12.2. The van der Waals surface area contributed by atoms with Crippen LogP contribution in [0.5, 0.6) is 0 Å². The summed E-state index contributed by atoms with van der Waals surface area (Å²) in [4.78, 5) is 14.0. The second-order valence-electron chi connectivity index (χ2n) is 5.08. The molecule has 104 valence electrons. The molecular formula is C15H20ClNO2. The van der Waals surface area contributed by atoms with Gasteiger partial charge in [0.25, 0.3) is 5.91 Å². The Morgan fingerprint density at radius 3 is 2.84 bits per heavy atom. The Bertz CT molecular complexity index is 430. The van der Waals surface area contributed by atoms with Crippen molar-refractivity contribution in [2.75, 3.05) is 26.8 Å². The first-order valence-corrected chi connectivity index (χ1v) is 7.13. The molecule has 4 heteroatoms. The molecule has 0 aliphatic carbocycles. The number of hydrogen-bond acceptors (Lipinski definition) is 2. The van der Waals surface area contributed by atoms with Crippen molar-refractivity contribution in [3.8, 4) is 0 Å². The summed E-state index contributed by atoms with van der Waals surface area (Å²) >= 11 is 5.91. The number of carbonyl (C=O) groups excluding carboxylic acids is 1. The van der Waals surface area contributed by atoms with Crippen LogP contribution in [0.1, 0.15) is 29.6 Å². The minimum Gasteiger partial charge on any atom is -0.381 e. The number of amides is 1. The first-order valence-electron chi connectivity index (χ1n) is 6.75. The molecule has 1 amide bonds. The number of nitrogens with zero attached hydrogens (tertiary/aromatic N) is 1. The Balaban J connectivity index is 1.85. The van der Waals surface area contributed by atoms with Crippen LogP contribution in [0.25, 0.3) is 0 Å². The molecule has 0 saturated carbocycles. The lowest BCUT2D eigenvalue weighted by Gasteiger charge is -2.25. The molecule has 0 radical (unpaired) electrons. The Morgan fingerprint density at radius 1 is 1.42 bits per heavy atom. The van der Waals surface area contributed by atoms with E-state index in [4.69, 9.17) is 16.3 Å². The van der Waals surface area contributed by atoms with Crippen molar-refractivity contribution < 1.29 is 9.53 Å². The normalized spacial score (nSPS) is 16.3. The lowest BCUT2D eigenvalue weighted by Crippen LogP contribution is -2.30. The fourth-order valence-electron chi connectivity index (χ4n) is 2.35. The van der Waals surface area contributed by atoms with Gasteiger partial charge in [0, 0.05) is 37.4 Å². The second kappa shape index (κ2) is 6.92. The zero-order chi connectivity index (χ0) is 13.7. The summed E-state index contributed by atoms with van der Waals surface area (Å²) in [5, 5.41) is 0.601. The van der Waals surface area contributed by atoms with Gasteiger partial charge in [0.05, 0.1) is 0 Å². The average Bonchev–Trinajstić information content (AvgIpc) is 2.45. The Morgan fingerprint density at radius 2 is 2.16 bits per heavy atom. The summed E-state index contributed by atoms with van der Waals surface area (Å²) in [6.07, 6.45) is 3.27. The van der Waals surface area contributed by atoms with Gasteiger partial charge in [-0.2, -0.15) is 0 Å². The number of ether oxygens (including phenoxy) is 1. The van der Waals surface area contributed by atoms with Crippen molar-refractivity contribution in [3.05, 3.63) is 34.9 Å². The van der Waals surface area contributed by atoms with Crippen LogP contribution >= 0.6 is 11.6 Å². The van der Waals surface area contributed by atoms with E-state index < -0.39 is 0 Å². The third kappa shape index (κ3) is 4.22. The molecule has 1 aromatic rings. The highest BCUT2D eigenvalue weighted by molar-refractivity contribution is 6.30. The molecule has 1 aliphatic rings. The molecule has 1 aromatic carbocycles. The Kier molecular flexibility index (Phi) is 5.23. The molecular weight excluding hydrogens is 262 g/mol. The molecule has 1 aliphatic heterocycles. The number of carbonyl (C=O) groups is 1. The van der Waals surface area contributed by atoms with E-state index >= 15 is 0 Å². The molecule has 0 N–H and O–H groups in total. The Labute approximate surface area is 119 Å². The third-order valence-electron chi connectivity index (χ3n) is 3.63. The largest absolute Gasteiger partial charge is 0.381 e. The molecule has 2 rings (SSSR count). The Hall–Kier alpha value is -1.06. The summed E-state index contributed by atoms with van der Waals surface area (Å²) in [7, 11) is 1.85. The predicted octanol–water partition coefficient (Wildman–Crippen LogP) is 3.23. The van der Waals surface area contributed by atoms with Crippen molar-refractivity contribution in [2.45, 2.75) is 19.3 Å². The lowest BCUT2D eigenvalue weighted by molar-refractivity contribution is 0.0583. The molecule has 1 saturated heterocycles. The van der Waals surface area contributed by atoms with Gasteiger partial charge in [0.2, 0.25) is 0 Å². The van der Waals surface area contributed by atoms with E-state index in [1.807, 2.05) is 13.1 Å². The van der Waals surface area contributed by atoms with E-state index in [1.54, 1.807) is 23.1 Å². The molecule has 1 heterocycles. The molecule has 0 atom stereocenters.